The number of aliphatic hydroxyl groups excluding tert-OH is 2. The molecule has 2 heterocycles. The monoisotopic (exact) mass is 475 g/mol. The molecule has 0 amide bonds. The molecule has 10 atom stereocenters. The molecule has 0 aromatic heterocycles. The van der Waals surface area contributed by atoms with E-state index < -0.39 is 0 Å². The van der Waals surface area contributed by atoms with Crippen LogP contribution in [0, 0.1) is 34.5 Å². The summed E-state index contributed by atoms with van der Waals surface area (Å²) in [5, 5.41) is 23.0. The summed E-state index contributed by atoms with van der Waals surface area (Å²) in [6, 6.07) is 0.741. The van der Waals surface area contributed by atoms with Crippen LogP contribution in [0.5, 0.6) is 0 Å². The number of fused-ring (bicyclic) bond motifs is 5. The molecule has 34 heavy (non-hydrogen) atoms. The van der Waals surface area contributed by atoms with Crippen molar-refractivity contribution in [2.24, 2.45) is 34.5 Å². The molecule has 0 aromatic rings. The Morgan fingerprint density at radius 1 is 0.882 bits per heavy atom. The molecule has 0 bridgehead atoms. The Morgan fingerprint density at radius 2 is 1.62 bits per heavy atom. The number of likely N-dealkylation sites (tertiary alicyclic amines) is 1. The van der Waals surface area contributed by atoms with Crippen molar-refractivity contribution in [1.29, 1.82) is 0 Å². The minimum atomic E-state index is -0.178. The molecule has 0 aromatic carbocycles. The van der Waals surface area contributed by atoms with Crippen LogP contribution < -0.4 is 0 Å². The maximum Gasteiger partial charge on any atom is 0.116 e. The molecule has 0 radical (unpaired) electrons. The predicted octanol–water partition coefficient (Wildman–Crippen LogP) is 3.67. The van der Waals surface area contributed by atoms with Gasteiger partial charge in [-0.1, -0.05) is 13.8 Å². The molecule has 3 unspecified atom stereocenters. The molecule has 2 aliphatic heterocycles. The first kappa shape index (κ1) is 24.2. The average molecular weight is 476 g/mol. The van der Waals surface area contributed by atoms with E-state index >= 15 is 0 Å². The van der Waals surface area contributed by atoms with Crippen molar-refractivity contribution in [2.45, 2.75) is 102 Å². The highest BCUT2D eigenvalue weighted by Crippen LogP contribution is 2.67. The lowest BCUT2D eigenvalue weighted by Crippen LogP contribution is -2.61. The Labute approximate surface area is 207 Å². The van der Waals surface area contributed by atoms with Gasteiger partial charge in [-0.2, -0.15) is 0 Å². The van der Waals surface area contributed by atoms with Crippen LogP contribution in [-0.2, 0) is 4.74 Å². The predicted molar refractivity (Wildman–Crippen MR) is 134 cm³/mol. The first-order valence-corrected chi connectivity index (χ1v) is 14.8. The number of ether oxygens (including phenoxy) is 1. The van der Waals surface area contributed by atoms with E-state index in [0.717, 1.165) is 55.5 Å². The molecule has 2 saturated heterocycles. The van der Waals surface area contributed by atoms with Gasteiger partial charge in [0.05, 0.1) is 39.5 Å². The highest BCUT2D eigenvalue weighted by Gasteiger charge is 2.65. The van der Waals surface area contributed by atoms with E-state index in [1.54, 1.807) is 0 Å². The van der Waals surface area contributed by atoms with Crippen molar-refractivity contribution in [3.8, 4) is 0 Å². The van der Waals surface area contributed by atoms with Crippen LogP contribution in [0.3, 0.4) is 0 Å². The van der Waals surface area contributed by atoms with E-state index in [-0.39, 0.29) is 17.6 Å². The second kappa shape index (κ2) is 8.68. The highest BCUT2D eigenvalue weighted by molar-refractivity contribution is 5.13. The van der Waals surface area contributed by atoms with Gasteiger partial charge < -0.3 is 19.4 Å². The Balaban J connectivity index is 1.25. The molecule has 4 saturated carbocycles. The number of piperidine rings is 1. The summed E-state index contributed by atoms with van der Waals surface area (Å²) < 4.78 is 6.75. The van der Waals surface area contributed by atoms with E-state index in [1.807, 2.05) is 0 Å². The van der Waals surface area contributed by atoms with Gasteiger partial charge in [-0.25, -0.2) is 0 Å². The first-order chi connectivity index (χ1) is 16.3. The average Bonchev–Trinajstić information content (AvgIpc) is 3.12. The van der Waals surface area contributed by atoms with Gasteiger partial charge in [0.25, 0.3) is 0 Å². The number of likely N-dealkylation sites (N-methyl/N-ethyl adjacent to an activating group) is 1. The van der Waals surface area contributed by atoms with Gasteiger partial charge in [0.2, 0.25) is 0 Å². The summed E-state index contributed by atoms with van der Waals surface area (Å²) in [5.74, 6) is 2.86. The van der Waals surface area contributed by atoms with Crippen LogP contribution in [0.15, 0.2) is 0 Å². The number of morpholine rings is 1. The molecule has 4 aliphatic carbocycles. The van der Waals surface area contributed by atoms with E-state index in [0.29, 0.717) is 29.3 Å². The van der Waals surface area contributed by atoms with Crippen molar-refractivity contribution in [1.82, 2.24) is 4.90 Å². The summed E-state index contributed by atoms with van der Waals surface area (Å²) in [6.45, 7) is 11.2. The smallest absolute Gasteiger partial charge is 0.116 e. The van der Waals surface area contributed by atoms with Crippen molar-refractivity contribution >= 4 is 0 Å². The number of quaternary nitrogens is 1. The van der Waals surface area contributed by atoms with Crippen molar-refractivity contribution < 1.29 is 19.4 Å². The third kappa shape index (κ3) is 3.58. The number of aliphatic hydroxyl groups is 2. The van der Waals surface area contributed by atoms with Gasteiger partial charge in [0, 0.05) is 31.0 Å². The zero-order valence-corrected chi connectivity index (χ0v) is 22.1. The van der Waals surface area contributed by atoms with Crippen LogP contribution in [-0.4, -0.2) is 90.3 Å². The minimum absolute atomic E-state index is 0.103. The molecular weight excluding hydrogens is 424 g/mol. The van der Waals surface area contributed by atoms with E-state index in [2.05, 4.69) is 25.8 Å². The SMILES string of the molecule is C[C@]12CCC3C(CC[C@H]4C[C@H](O)[C@@H](N5CCOCC5)C[C@]34C)C1C[C@H]([N+]1(C)CCCCC1)[C@@H]2O. The number of hydrogen-bond donors (Lipinski definition) is 2. The normalized spacial score (nSPS) is 53.6. The van der Waals surface area contributed by atoms with Crippen molar-refractivity contribution in [3.05, 3.63) is 0 Å². The number of hydrogen-bond acceptors (Lipinski definition) is 4. The summed E-state index contributed by atoms with van der Waals surface area (Å²) in [4.78, 5) is 2.54. The zero-order chi connectivity index (χ0) is 23.7. The first-order valence-electron chi connectivity index (χ1n) is 14.8. The second-order valence-corrected chi connectivity index (χ2v) is 14.2. The summed E-state index contributed by atoms with van der Waals surface area (Å²) in [6.07, 6.45) is 12.2. The van der Waals surface area contributed by atoms with Crippen LogP contribution in [0.25, 0.3) is 0 Å². The molecule has 2 N–H and O–H groups in total. The van der Waals surface area contributed by atoms with Crippen molar-refractivity contribution in [2.75, 3.05) is 46.4 Å². The fraction of sp³-hybridized carbons (Fsp3) is 1.00. The maximum atomic E-state index is 11.8. The Bertz CT molecular complexity index is 750. The minimum Gasteiger partial charge on any atom is -0.391 e. The van der Waals surface area contributed by atoms with Crippen LogP contribution in [0.4, 0.5) is 0 Å². The van der Waals surface area contributed by atoms with Gasteiger partial charge in [-0.05, 0) is 86.9 Å². The van der Waals surface area contributed by atoms with E-state index in [1.165, 1.54) is 64.5 Å². The fourth-order valence-electron chi connectivity index (χ4n) is 10.7. The fourth-order valence-corrected chi connectivity index (χ4v) is 10.7. The summed E-state index contributed by atoms with van der Waals surface area (Å²) in [5.41, 5.74) is 0.435. The summed E-state index contributed by atoms with van der Waals surface area (Å²) >= 11 is 0. The van der Waals surface area contributed by atoms with Gasteiger partial charge in [-0.15, -0.1) is 0 Å². The molecule has 5 nitrogen and oxygen atoms in total. The third-order valence-electron chi connectivity index (χ3n) is 12.8. The molecular formula is C29H51N2O3+. The van der Waals surface area contributed by atoms with Gasteiger partial charge >= 0.3 is 0 Å². The van der Waals surface area contributed by atoms with Crippen molar-refractivity contribution in [3.63, 3.8) is 0 Å². The third-order valence-corrected chi connectivity index (χ3v) is 12.8. The zero-order valence-electron chi connectivity index (χ0n) is 22.1. The van der Waals surface area contributed by atoms with Gasteiger partial charge in [0.15, 0.2) is 0 Å². The van der Waals surface area contributed by atoms with E-state index in [4.69, 9.17) is 4.74 Å². The Hall–Kier alpha value is -0.200. The molecule has 0 spiro atoms. The van der Waals surface area contributed by atoms with Crippen LogP contribution >= 0.6 is 0 Å². The Morgan fingerprint density at radius 3 is 2.35 bits per heavy atom. The lowest BCUT2D eigenvalue weighted by Gasteiger charge is -2.62. The number of rotatable bonds is 2. The molecule has 6 fully saturated rings. The standard InChI is InChI=1S/C29H51N2O3/c1-28-10-9-22-21(23(28)18-25(27(28)33)31(3)13-5-4-6-14-31)8-7-20-17-26(32)24(19-29(20,22)2)30-11-15-34-16-12-30/h20-27,32-33H,4-19H2,1-3H3/q+1/t20-,21?,22?,23?,24-,25-,26-,27-,28-,29-/m0/s1. The quantitative estimate of drug-likeness (QED) is 0.599. The summed E-state index contributed by atoms with van der Waals surface area (Å²) in [7, 11) is 2.46. The molecule has 5 heteroatoms. The lowest BCUT2D eigenvalue weighted by atomic mass is 9.44. The largest absolute Gasteiger partial charge is 0.391 e. The molecule has 6 rings (SSSR count). The molecule has 194 valence electrons. The molecule has 6 aliphatic rings. The Kier molecular flexibility index (Phi) is 6.17. The second-order valence-electron chi connectivity index (χ2n) is 14.2. The van der Waals surface area contributed by atoms with Crippen LogP contribution in [0.2, 0.25) is 0 Å². The lowest BCUT2D eigenvalue weighted by molar-refractivity contribution is -0.940. The highest BCUT2D eigenvalue weighted by atomic mass is 16.5. The number of nitrogens with zero attached hydrogens (tertiary/aromatic N) is 2. The topological polar surface area (TPSA) is 52.9 Å². The van der Waals surface area contributed by atoms with Crippen LogP contribution in [0.1, 0.15) is 78.1 Å². The van der Waals surface area contributed by atoms with E-state index in [9.17, 15) is 10.2 Å². The van der Waals surface area contributed by atoms with Gasteiger partial charge in [-0.3, -0.25) is 4.90 Å². The maximum absolute atomic E-state index is 11.8. The van der Waals surface area contributed by atoms with Gasteiger partial charge in [0.1, 0.15) is 12.1 Å².